The molecule has 1 aromatic rings. The van der Waals surface area contributed by atoms with Crippen LogP contribution in [0.15, 0.2) is 18.2 Å². The van der Waals surface area contributed by atoms with Crippen LogP contribution in [-0.2, 0) is 0 Å². The summed E-state index contributed by atoms with van der Waals surface area (Å²) in [6, 6.07) is 6.62. The molecule has 0 bridgehead atoms. The van der Waals surface area contributed by atoms with Crippen molar-refractivity contribution in [2.45, 2.75) is 58.6 Å². The fraction of sp³-hybridized carbons (Fsp3) is 0.667. The highest BCUT2D eigenvalue weighted by Gasteiger charge is 2.21. The van der Waals surface area contributed by atoms with E-state index in [4.69, 9.17) is 4.74 Å². The lowest BCUT2D eigenvalue weighted by molar-refractivity contribution is 0.102. The second-order valence-corrected chi connectivity index (χ2v) is 6.53. The molecule has 2 rings (SSSR count). The first-order valence-corrected chi connectivity index (χ1v) is 8.17. The summed E-state index contributed by atoms with van der Waals surface area (Å²) in [4.78, 5) is 0. The molecule has 0 aromatic heterocycles. The molecule has 0 saturated heterocycles. The van der Waals surface area contributed by atoms with Crippen LogP contribution in [0.25, 0.3) is 0 Å². The van der Waals surface area contributed by atoms with Gasteiger partial charge >= 0.3 is 0 Å². The van der Waals surface area contributed by atoms with Crippen molar-refractivity contribution in [2.75, 3.05) is 13.2 Å². The first-order chi connectivity index (χ1) is 10.0. The number of aliphatic hydroxyl groups excluding tert-OH is 1. The molecular weight excluding hydrogens is 262 g/mol. The summed E-state index contributed by atoms with van der Waals surface area (Å²) < 4.78 is 5.70. The van der Waals surface area contributed by atoms with Crippen molar-refractivity contribution in [3.8, 4) is 5.75 Å². The number of hydrogen-bond acceptors (Lipinski definition) is 3. The summed E-state index contributed by atoms with van der Waals surface area (Å²) in [6.07, 6.45) is 4.89. The van der Waals surface area contributed by atoms with E-state index in [1.807, 2.05) is 12.1 Å². The largest absolute Gasteiger partial charge is 0.491 e. The van der Waals surface area contributed by atoms with Crippen LogP contribution >= 0.6 is 0 Å². The molecule has 118 valence electrons. The van der Waals surface area contributed by atoms with Crippen molar-refractivity contribution in [3.63, 3.8) is 0 Å². The van der Waals surface area contributed by atoms with Gasteiger partial charge in [-0.2, -0.15) is 0 Å². The van der Waals surface area contributed by atoms with Gasteiger partial charge in [-0.3, -0.25) is 0 Å². The molecular formula is C18H29NO2. The molecule has 2 atom stereocenters. The molecule has 0 heterocycles. The Morgan fingerprint density at radius 1 is 1.19 bits per heavy atom. The van der Waals surface area contributed by atoms with E-state index in [0.29, 0.717) is 19.2 Å². The molecule has 1 saturated carbocycles. The van der Waals surface area contributed by atoms with E-state index >= 15 is 0 Å². The SMILES string of the molecule is Cc1cc(C)cc(OCC(O)CN[C@@H](C)C2CCCC2)c1. The maximum absolute atomic E-state index is 10.1. The molecule has 3 nitrogen and oxygen atoms in total. The third-order valence-electron chi connectivity index (χ3n) is 4.42. The van der Waals surface area contributed by atoms with E-state index in [2.05, 4.69) is 32.2 Å². The minimum absolute atomic E-state index is 0.341. The predicted molar refractivity (Wildman–Crippen MR) is 86.8 cm³/mol. The van der Waals surface area contributed by atoms with Crippen LogP contribution < -0.4 is 10.1 Å². The monoisotopic (exact) mass is 291 g/mol. The fourth-order valence-corrected chi connectivity index (χ4v) is 3.21. The quantitative estimate of drug-likeness (QED) is 0.810. The van der Waals surface area contributed by atoms with E-state index in [1.165, 1.54) is 36.8 Å². The van der Waals surface area contributed by atoms with Crippen LogP contribution in [0, 0.1) is 19.8 Å². The Morgan fingerprint density at radius 3 is 2.43 bits per heavy atom. The molecule has 2 N–H and O–H groups in total. The summed E-state index contributed by atoms with van der Waals surface area (Å²) in [5, 5.41) is 13.5. The maximum atomic E-state index is 10.1. The van der Waals surface area contributed by atoms with E-state index in [-0.39, 0.29) is 0 Å². The first-order valence-electron chi connectivity index (χ1n) is 8.17. The lowest BCUT2D eigenvalue weighted by Gasteiger charge is -2.22. The van der Waals surface area contributed by atoms with Crippen LogP contribution in [0.2, 0.25) is 0 Å². The van der Waals surface area contributed by atoms with Gasteiger partial charge in [-0.05, 0) is 62.8 Å². The average Bonchev–Trinajstić information content (AvgIpc) is 2.95. The number of rotatable bonds is 7. The van der Waals surface area contributed by atoms with Crippen LogP contribution in [-0.4, -0.2) is 30.4 Å². The third kappa shape index (κ3) is 5.33. The van der Waals surface area contributed by atoms with Gasteiger partial charge in [0.05, 0.1) is 0 Å². The Labute approximate surface area is 128 Å². The van der Waals surface area contributed by atoms with Gasteiger partial charge in [0.25, 0.3) is 0 Å². The summed E-state index contributed by atoms with van der Waals surface area (Å²) in [6.45, 7) is 7.28. The smallest absolute Gasteiger partial charge is 0.119 e. The topological polar surface area (TPSA) is 41.5 Å². The Morgan fingerprint density at radius 2 is 1.81 bits per heavy atom. The average molecular weight is 291 g/mol. The zero-order chi connectivity index (χ0) is 15.2. The minimum atomic E-state index is -0.463. The molecule has 1 aromatic carbocycles. The van der Waals surface area contributed by atoms with Crippen molar-refractivity contribution >= 4 is 0 Å². The van der Waals surface area contributed by atoms with E-state index in [0.717, 1.165) is 11.7 Å². The Kier molecular flexibility index (Phi) is 6.07. The molecule has 21 heavy (non-hydrogen) atoms. The number of benzene rings is 1. The van der Waals surface area contributed by atoms with Crippen molar-refractivity contribution < 1.29 is 9.84 Å². The number of nitrogens with one attached hydrogen (secondary N) is 1. The molecule has 1 fully saturated rings. The highest BCUT2D eigenvalue weighted by Crippen LogP contribution is 2.27. The van der Waals surface area contributed by atoms with Gasteiger partial charge in [-0.25, -0.2) is 0 Å². The van der Waals surface area contributed by atoms with Gasteiger partial charge in [-0.1, -0.05) is 18.9 Å². The number of ether oxygens (including phenoxy) is 1. The van der Waals surface area contributed by atoms with E-state index in [1.54, 1.807) is 0 Å². The summed E-state index contributed by atoms with van der Waals surface area (Å²) >= 11 is 0. The van der Waals surface area contributed by atoms with Crippen LogP contribution in [0.4, 0.5) is 0 Å². The third-order valence-corrected chi connectivity index (χ3v) is 4.42. The zero-order valence-corrected chi connectivity index (χ0v) is 13.6. The van der Waals surface area contributed by atoms with Gasteiger partial charge in [0, 0.05) is 12.6 Å². The molecule has 0 spiro atoms. The molecule has 0 amide bonds. The Balaban J connectivity index is 1.70. The standard InChI is InChI=1S/C18H29NO2/c1-13-8-14(2)10-18(9-13)21-12-17(20)11-19-15(3)16-6-4-5-7-16/h8-10,15-17,19-20H,4-7,11-12H2,1-3H3/t15-,17?/m0/s1. The highest BCUT2D eigenvalue weighted by atomic mass is 16.5. The van der Waals surface area contributed by atoms with Gasteiger partial charge < -0.3 is 15.2 Å². The Bertz CT molecular complexity index is 421. The molecule has 0 aliphatic heterocycles. The van der Waals surface area contributed by atoms with Gasteiger partial charge in [0.2, 0.25) is 0 Å². The maximum Gasteiger partial charge on any atom is 0.119 e. The number of aliphatic hydroxyl groups is 1. The second-order valence-electron chi connectivity index (χ2n) is 6.53. The van der Waals surface area contributed by atoms with E-state index in [9.17, 15) is 5.11 Å². The van der Waals surface area contributed by atoms with Crippen molar-refractivity contribution in [2.24, 2.45) is 5.92 Å². The molecule has 1 aliphatic rings. The first kappa shape index (κ1) is 16.3. The minimum Gasteiger partial charge on any atom is -0.491 e. The van der Waals surface area contributed by atoms with Gasteiger partial charge in [0.15, 0.2) is 0 Å². The van der Waals surface area contributed by atoms with Crippen LogP contribution in [0.5, 0.6) is 5.75 Å². The number of aryl methyl sites for hydroxylation is 2. The van der Waals surface area contributed by atoms with Crippen LogP contribution in [0.3, 0.4) is 0 Å². The summed E-state index contributed by atoms with van der Waals surface area (Å²) in [7, 11) is 0. The zero-order valence-electron chi connectivity index (χ0n) is 13.6. The number of hydrogen-bond donors (Lipinski definition) is 2. The van der Waals surface area contributed by atoms with Crippen molar-refractivity contribution in [1.82, 2.24) is 5.32 Å². The summed E-state index contributed by atoms with van der Waals surface area (Å²) in [5.41, 5.74) is 2.37. The molecule has 1 aliphatic carbocycles. The molecule has 3 heteroatoms. The normalized spacial score (nSPS) is 18.7. The second kappa shape index (κ2) is 7.81. The van der Waals surface area contributed by atoms with Crippen molar-refractivity contribution in [1.29, 1.82) is 0 Å². The Hall–Kier alpha value is -1.06. The van der Waals surface area contributed by atoms with E-state index < -0.39 is 6.10 Å². The lowest BCUT2D eigenvalue weighted by atomic mass is 10.00. The fourth-order valence-electron chi connectivity index (χ4n) is 3.21. The lowest BCUT2D eigenvalue weighted by Crippen LogP contribution is -2.39. The summed E-state index contributed by atoms with van der Waals surface area (Å²) in [5.74, 6) is 1.62. The molecule has 0 radical (unpaired) electrons. The molecule has 1 unspecified atom stereocenters. The van der Waals surface area contributed by atoms with Gasteiger partial charge in [0.1, 0.15) is 18.5 Å². The van der Waals surface area contributed by atoms with Crippen LogP contribution in [0.1, 0.15) is 43.7 Å². The van der Waals surface area contributed by atoms with Crippen molar-refractivity contribution in [3.05, 3.63) is 29.3 Å². The van der Waals surface area contributed by atoms with Gasteiger partial charge in [-0.15, -0.1) is 0 Å². The highest BCUT2D eigenvalue weighted by molar-refractivity contribution is 5.32. The predicted octanol–water partition coefficient (Wildman–Crippen LogP) is 3.21.